The molecule has 0 radical (unpaired) electrons. The summed E-state index contributed by atoms with van der Waals surface area (Å²) in [6, 6.07) is 10.1. The van der Waals surface area contributed by atoms with Crippen molar-refractivity contribution in [2.45, 2.75) is 12.5 Å². The highest BCUT2D eigenvalue weighted by Crippen LogP contribution is 2.31. The predicted octanol–water partition coefficient (Wildman–Crippen LogP) is 2.24. The van der Waals surface area contributed by atoms with E-state index in [2.05, 4.69) is 27.4 Å². The Labute approximate surface area is 140 Å². The van der Waals surface area contributed by atoms with Gasteiger partial charge in [-0.2, -0.15) is 0 Å². The van der Waals surface area contributed by atoms with Crippen molar-refractivity contribution < 1.29 is 9.53 Å². The molecule has 1 unspecified atom stereocenters. The van der Waals surface area contributed by atoms with Gasteiger partial charge in [0.05, 0.1) is 26.1 Å². The Morgan fingerprint density at radius 2 is 2.17 bits per heavy atom. The number of amides is 1. The molecule has 1 aromatic rings. The topological polar surface area (TPSA) is 45.1 Å². The quantitative estimate of drug-likeness (QED) is 0.853. The van der Waals surface area contributed by atoms with E-state index in [4.69, 9.17) is 4.74 Å². The van der Waals surface area contributed by atoms with Crippen molar-refractivity contribution in [3.05, 3.63) is 47.0 Å². The maximum Gasteiger partial charge on any atom is 0.228 e. The number of thioether (sulfide) groups is 1. The number of nitrogens with zero attached hydrogens (tertiary/aromatic N) is 3. The summed E-state index contributed by atoms with van der Waals surface area (Å²) >= 11 is 1.63. The molecular weight excluding hydrogens is 310 g/mol. The largest absolute Gasteiger partial charge is 0.370 e. The van der Waals surface area contributed by atoms with Gasteiger partial charge in [-0.3, -0.25) is 9.79 Å². The molecule has 0 aliphatic carbocycles. The lowest BCUT2D eigenvalue weighted by molar-refractivity contribution is -0.138. The Kier molecular flexibility index (Phi) is 4.10. The van der Waals surface area contributed by atoms with E-state index < -0.39 is 0 Å². The Morgan fingerprint density at radius 3 is 3.04 bits per heavy atom. The molecule has 0 saturated carbocycles. The summed E-state index contributed by atoms with van der Waals surface area (Å²) in [6.07, 6.45) is 0.429. The van der Waals surface area contributed by atoms with Crippen LogP contribution >= 0.6 is 11.8 Å². The van der Waals surface area contributed by atoms with Crippen molar-refractivity contribution in [1.82, 2.24) is 9.80 Å². The first-order valence-corrected chi connectivity index (χ1v) is 8.81. The van der Waals surface area contributed by atoms with Gasteiger partial charge in [0.2, 0.25) is 5.91 Å². The number of hydrogen-bond acceptors (Lipinski definition) is 5. The molecule has 1 amide bonds. The molecule has 3 heterocycles. The van der Waals surface area contributed by atoms with Gasteiger partial charge in [0.1, 0.15) is 6.10 Å². The van der Waals surface area contributed by atoms with Crippen LogP contribution in [0.5, 0.6) is 0 Å². The summed E-state index contributed by atoms with van der Waals surface area (Å²) < 4.78 is 5.84. The van der Waals surface area contributed by atoms with E-state index in [0.717, 1.165) is 29.5 Å². The summed E-state index contributed by atoms with van der Waals surface area (Å²) in [4.78, 5) is 21.2. The molecule has 3 aliphatic heterocycles. The normalized spacial score (nSPS) is 23.6. The molecule has 1 aromatic carbocycles. The number of ether oxygens (including phenoxy) is 1. The van der Waals surface area contributed by atoms with Gasteiger partial charge in [0.15, 0.2) is 5.17 Å². The fraction of sp³-hybridized carbons (Fsp3) is 0.412. The number of hydrogen-bond donors (Lipinski definition) is 0. The molecule has 5 nitrogen and oxygen atoms in total. The minimum Gasteiger partial charge on any atom is -0.370 e. The lowest BCUT2D eigenvalue weighted by atomic mass is 10.1. The second-order valence-corrected chi connectivity index (χ2v) is 6.67. The second kappa shape index (κ2) is 6.37. The van der Waals surface area contributed by atoms with E-state index in [1.165, 1.54) is 0 Å². The maximum absolute atomic E-state index is 12.7. The zero-order valence-corrected chi connectivity index (χ0v) is 13.7. The Bertz CT molecular complexity index is 659. The van der Waals surface area contributed by atoms with Crippen LogP contribution in [0.4, 0.5) is 0 Å². The van der Waals surface area contributed by atoms with Gasteiger partial charge < -0.3 is 14.5 Å². The summed E-state index contributed by atoms with van der Waals surface area (Å²) in [7, 11) is 0. The number of benzene rings is 1. The summed E-state index contributed by atoms with van der Waals surface area (Å²) in [5.74, 6) is 0.175. The Morgan fingerprint density at radius 1 is 1.30 bits per heavy atom. The van der Waals surface area contributed by atoms with E-state index in [1.807, 2.05) is 23.1 Å². The average Bonchev–Trinajstić information content (AvgIpc) is 3.21. The fourth-order valence-electron chi connectivity index (χ4n) is 3.13. The van der Waals surface area contributed by atoms with Crippen LogP contribution in [-0.4, -0.2) is 53.7 Å². The molecule has 1 saturated heterocycles. The van der Waals surface area contributed by atoms with Gasteiger partial charge in [0, 0.05) is 18.8 Å². The molecule has 0 spiro atoms. The van der Waals surface area contributed by atoms with Crippen LogP contribution in [0.2, 0.25) is 0 Å². The van der Waals surface area contributed by atoms with Crippen LogP contribution in [0.15, 0.2) is 46.4 Å². The number of rotatable bonds is 3. The van der Waals surface area contributed by atoms with E-state index in [9.17, 15) is 4.79 Å². The summed E-state index contributed by atoms with van der Waals surface area (Å²) in [5, 5.41) is 3.10. The Balaban J connectivity index is 1.40. The molecule has 4 rings (SSSR count). The average molecular weight is 329 g/mol. The smallest absolute Gasteiger partial charge is 0.228 e. The molecule has 0 N–H and O–H groups in total. The van der Waals surface area contributed by atoms with Crippen LogP contribution in [0.3, 0.4) is 0 Å². The number of fused-ring (bicyclic) bond motifs is 1. The monoisotopic (exact) mass is 329 g/mol. The molecule has 23 heavy (non-hydrogen) atoms. The van der Waals surface area contributed by atoms with E-state index in [0.29, 0.717) is 26.1 Å². The maximum atomic E-state index is 12.7. The van der Waals surface area contributed by atoms with Gasteiger partial charge in [-0.15, -0.1) is 0 Å². The third-order valence-electron chi connectivity index (χ3n) is 4.37. The number of carbonyl (C=O) groups excluding carboxylic acids is 1. The van der Waals surface area contributed by atoms with E-state index in [-0.39, 0.29) is 12.0 Å². The van der Waals surface area contributed by atoms with Crippen molar-refractivity contribution in [3.8, 4) is 0 Å². The van der Waals surface area contributed by atoms with Gasteiger partial charge in [-0.1, -0.05) is 42.1 Å². The third kappa shape index (κ3) is 3.01. The minimum absolute atomic E-state index is 0.0234. The third-order valence-corrected chi connectivity index (χ3v) is 5.32. The minimum atomic E-state index is -0.0234. The summed E-state index contributed by atoms with van der Waals surface area (Å²) in [5.41, 5.74) is 2.22. The summed E-state index contributed by atoms with van der Waals surface area (Å²) in [6.45, 7) is 3.63. The van der Waals surface area contributed by atoms with Crippen molar-refractivity contribution >= 4 is 22.8 Å². The molecule has 0 bridgehead atoms. The number of carbonyl (C=O) groups is 1. The van der Waals surface area contributed by atoms with Crippen molar-refractivity contribution in [2.24, 2.45) is 4.99 Å². The standard InChI is InChI=1S/C17H19N3O2S/c21-16(10-14-12-23-17-18-6-7-20(14)17)19-8-9-22-15(11-19)13-4-2-1-3-5-13/h1-5,12,15H,6-11H2. The highest BCUT2D eigenvalue weighted by molar-refractivity contribution is 8.16. The number of morpholine rings is 1. The van der Waals surface area contributed by atoms with Crippen molar-refractivity contribution in [3.63, 3.8) is 0 Å². The zero-order valence-electron chi connectivity index (χ0n) is 12.9. The second-order valence-electron chi connectivity index (χ2n) is 5.83. The van der Waals surface area contributed by atoms with Crippen LogP contribution in [0, 0.1) is 0 Å². The van der Waals surface area contributed by atoms with E-state index in [1.54, 1.807) is 11.8 Å². The van der Waals surface area contributed by atoms with Crippen LogP contribution in [0.1, 0.15) is 18.1 Å². The lowest BCUT2D eigenvalue weighted by Crippen LogP contribution is -2.42. The van der Waals surface area contributed by atoms with Crippen LogP contribution in [-0.2, 0) is 9.53 Å². The number of amidine groups is 1. The molecule has 6 heteroatoms. The molecule has 3 aliphatic rings. The van der Waals surface area contributed by atoms with Crippen LogP contribution in [0.25, 0.3) is 0 Å². The molecule has 120 valence electrons. The molecule has 1 atom stereocenters. The van der Waals surface area contributed by atoms with E-state index >= 15 is 0 Å². The van der Waals surface area contributed by atoms with Gasteiger partial charge >= 0.3 is 0 Å². The number of aliphatic imine (C=N–C) groups is 1. The van der Waals surface area contributed by atoms with Gasteiger partial charge in [-0.05, 0) is 11.0 Å². The SMILES string of the molecule is O=C(CC1=CSC2=NCCN12)N1CCOC(c2ccccc2)C1. The van der Waals surface area contributed by atoms with Crippen LogP contribution < -0.4 is 0 Å². The lowest BCUT2D eigenvalue weighted by Gasteiger charge is -2.33. The first-order valence-electron chi connectivity index (χ1n) is 7.93. The zero-order chi connectivity index (χ0) is 15.6. The van der Waals surface area contributed by atoms with Gasteiger partial charge in [0.25, 0.3) is 0 Å². The molecular formula is C17H19N3O2S. The fourth-order valence-corrected chi connectivity index (χ4v) is 4.08. The first-order chi connectivity index (χ1) is 11.3. The van der Waals surface area contributed by atoms with Crippen molar-refractivity contribution in [2.75, 3.05) is 32.8 Å². The van der Waals surface area contributed by atoms with Crippen molar-refractivity contribution in [1.29, 1.82) is 0 Å². The predicted molar refractivity (Wildman–Crippen MR) is 91.0 cm³/mol. The molecule has 0 aromatic heterocycles. The Hall–Kier alpha value is -1.79. The highest BCUT2D eigenvalue weighted by atomic mass is 32.2. The molecule has 1 fully saturated rings. The highest BCUT2D eigenvalue weighted by Gasteiger charge is 2.30. The van der Waals surface area contributed by atoms with Gasteiger partial charge in [-0.25, -0.2) is 0 Å². The first kappa shape index (κ1) is 14.8.